The van der Waals surface area contributed by atoms with Gasteiger partial charge in [-0.1, -0.05) is 28.1 Å². The van der Waals surface area contributed by atoms with E-state index in [4.69, 9.17) is 0 Å². The number of thioether (sulfide) groups is 1. The summed E-state index contributed by atoms with van der Waals surface area (Å²) in [7, 11) is 0. The average molecular weight is 314 g/mol. The third kappa shape index (κ3) is 4.01. The summed E-state index contributed by atoms with van der Waals surface area (Å²) in [6, 6.07) is 9.49. The summed E-state index contributed by atoms with van der Waals surface area (Å²) in [6.45, 7) is 1.18. The lowest BCUT2D eigenvalue weighted by atomic mass is 9.76. The number of hydrogen-bond acceptors (Lipinski definition) is 2. The lowest BCUT2D eigenvalue weighted by molar-refractivity contribution is 0.292. The topological polar surface area (TPSA) is 12.0 Å². The van der Waals surface area contributed by atoms with Gasteiger partial charge in [-0.3, -0.25) is 0 Å². The van der Waals surface area contributed by atoms with E-state index < -0.39 is 0 Å². The molecule has 1 aromatic carbocycles. The SMILES string of the molecule is CSCCCNC1CC(c2cccc(Br)c2)C1. The summed E-state index contributed by atoms with van der Waals surface area (Å²) in [4.78, 5) is 0. The van der Waals surface area contributed by atoms with Gasteiger partial charge in [0, 0.05) is 10.5 Å². The van der Waals surface area contributed by atoms with Crippen LogP contribution >= 0.6 is 27.7 Å². The molecular weight excluding hydrogens is 294 g/mol. The monoisotopic (exact) mass is 313 g/mol. The average Bonchev–Trinajstić information content (AvgIpc) is 2.26. The summed E-state index contributed by atoms with van der Waals surface area (Å²) < 4.78 is 1.20. The predicted molar refractivity (Wildman–Crippen MR) is 80.9 cm³/mol. The van der Waals surface area contributed by atoms with E-state index in [-0.39, 0.29) is 0 Å². The molecule has 1 fully saturated rings. The van der Waals surface area contributed by atoms with Gasteiger partial charge in [0.1, 0.15) is 0 Å². The van der Waals surface area contributed by atoms with Crippen molar-refractivity contribution in [2.24, 2.45) is 0 Å². The van der Waals surface area contributed by atoms with E-state index in [1.54, 1.807) is 0 Å². The van der Waals surface area contributed by atoms with E-state index >= 15 is 0 Å². The van der Waals surface area contributed by atoms with Crippen molar-refractivity contribution in [3.8, 4) is 0 Å². The Balaban J connectivity index is 1.68. The molecule has 0 amide bonds. The second-order valence-corrected chi connectivity index (χ2v) is 6.62. The number of benzene rings is 1. The van der Waals surface area contributed by atoms with Crippen molar-refractivity contribution in [3.63, 3.8) is 0 Å². The van der Waals surface area contributed by atoms with Crippen molar-refractivity contribution in [2.45, 2.75) is 31.2 Å². The van der Waals surface area contributed by atoms with Crippen LogP contribution in [0.1, 0.15) is 30.7 Å². The van der Waals surface area contributed by atoms with Crippen LogP contribution in [0.25, 0.3) is 0 Å². The number of nitrogens with one attached hydrogen (secondary N) is 1. The number of hydrogen-bond donors (Lipinski definition) is 1. The molecule has 0 aliphatic heterocycles. The first kappa shape index (κ1) is 13.4. The van der Waals surface area contributed by atoms with E-state index in [0.29, 0.717) is 0 Å². The molecule has 0 unspecified atom stereocenters. The summed E-state index contributed by atoms with van der Waals surface area (Å²) in [5, 5.41) is 3.64. The predicted octanol–water partition coefficient (Wildman–Crippen LogP) is 4.04. The maximum atomic E-state index is 3.64. The summed E-state index contributed by atoms with van der Waals surface area (Å²) in [6.07, 6.45) is 6.07. The Morgan fingerprint density at radius 3 is 2.94 bits per heavy atom. The molecule has 0 aromatic heterocycles. The maximum Gasteiger partial charge on any atom is 0.0178 e. The van der Waals surface area contributed by atoms with E-state index in [1.807, 2.05) is 11.8 Å². The first-order valence-electron chi connectivity index (χ1n) is 6.27. The minimum Gasteiger partial charge on any atom is -0.314 e. The molecule has 0 bridgehead atoms. The molecule has 1 aromatic rings. The molecule has 2 rings (SSSR count). The minimum absolute atomic E-state index is 0.751. The zero-order chi connectivity index (χ0) is 12.1. The van der Waals surface area contributed by atoms with Crippen molar-refractivity contribution in [1.29, 1.82) is 0 Å². The summed E-state index contributed by atoms with van der Waals surface area (Å²) >= 11 is 5.47. The first-order valence-corrected chi connectivity index (χ1v) is 8.46. The van der Waals surface area contributed by atoms with Crippen LogP contribution in [0, 0.1) is 0 Å². The van der Waals surface area contributed by atoms with E-state index in [0.717, 1.165) is 12.0 Å². The van der Waals surface area contributed by atoms with E-state index in [1.165, 1.54) is 41.6 Å². The highest BCUT2D eigenvalue weighted by atomic mass is 79.9. The van der Waals surface area contributed by atoms with Crippen molar-refractivity contribution in [1.82, 2.24) is 5.32 Å². The third-order valence-electron chi connectivity index (χ3n) is 3.42. The molecular formula is C14H20BrNS. The standard InChI is InChI=1S/C14H20BrNS/c1-17-7-3-6-16-14-9-12(10-14)11-4-2-5-13(15)8-11/h2,4-5,8,12,14,16H,3,6-7,9-10H2,1H3. The van der Waals surface area contributed by atoms with Crippen LogP contribution in [-0.2, 0) is 0 Å². The second-order valence-electron chi connectivity index (χ2n) is 4.72. The van der Waals surface area contributed by atoms with Gasteiger partial charge in [0.2, 0.25) is 0 Å². The molecule has 0 heterocycles. The van der Waals surface area contributed by atoms with E-state index in [9.17, 15) is 0 Å². The first-order chi connectivity index (χ1) is 8.29. The Kier molecular flexibility index (Phi) is 5.39. The lowest BCUT2D eigenvalue weighted by Gasteiger charge is -2.36. The fourth-order valence-corrected chi connectivity index (χ4v) is 3.19. The van der Waals surface area contributed by atoms with Gasteiger partial charge < -0.3 is 5.32 Å². The molecule has 3 heteroatoms. The zero-order valence-electron chi connectivity index (χ0n) is 10.3. The van der Waals surface area contributed by atoms with E-state index in [2.05, 4.69) is 51.8 Å². The van der Waals surface area contributed by atoms with Crippen LogP contribution in [-0.4, -0.2) is 24.6 Å². The Hall–Kier alpha value is 0.01000. The molecule has 94 valence electrons. The fourth-order valence-electron chi connectivity index (χ4n) is 2.34. The van der Waals surface area contributed by atoms with Gasteiger partial charge in [-0.2, -0.15) is 11.8 Å². The smallest absolute Gasteiger partial charge is 0.0178 e. The molecule has 1 nitrogen and oxygen atoms in total. The van der Waals surface area contributed by atoms with Gasteiger partial charge in [0.05, 0.1) is 0 Å². The number of rotatable bonds is 6. The highest BCUT2D eigenvalue weighted by molar-refractivity contribution is 9.10. The molecule has 0 radical (unpaired) electrons. The number of halogens is 1. The summed E-state index contributed by atoms with van der Waals surface area (Å²) in [5.41, 5.74) is 1.49. The zero-order valence-corrected chi connectivity index (χ0v) is 12.7. The normalized spacial score (nSPS) is 23.4. The molecule has 0 saturated heterocycles. The Bertz CT molecular complexity index is 350. The molecule has 0 atom stereocenters. The van der Waals surface area contributed by atoms with Crippen LogP contribution in [0.4, 0.5) is 0 Å². The van der Waals surface area contributed by atoms with Crippen molar-refractivity contribution in [3.05, 3.63) is 34.3 Å². The van der Waals surface area contributed by atoms with Crippen LogP contribution in [0.15, 0.2) is 28.7 Å². The fraction of sp³-hybridized carbons (Fsp3) is 0.571. The van der Waals surface area contributed by atoms with Crippen LogP contribution in [0.3, 0.4) is 0 Å². The molecule has 17 heavy (non-hydrogen) atoms. The Morgan fingerprint density at radius 1 is 1.41 bits per heavy atom. The van der Waals surface area contributed by atoms with Gasteiger partial charge in [-0.25, -0.2) is 0 Å². The quantitative estimate of drug-likeness (QED) is 0.796. The molecule has 0 spiro atoms. The van der Waals surface area contributed by atoms with Crippen LogP contribution < -0.4 is 5.32 Å². The van der Waals surface area contributed by atoms with Gasteiger partial charge in [-0.05, 0) is 61.4 Å². The van der Waals surface area contributed by atoms with Crippen molar-refractivity contribution >= 4 is 27.7 Å². The van der Waals surface area contributed by atoms with Gasteiger partial charge >= 0.3 is 0 Å². The Labute approximate surface area is 117 Å². The van der Waals surface area contributed by atoms with Gasteiger partial charge in [-0.15, -0.1) is 0 Å². The largest absolute Gasteiger partial charge is 0.314 e. The highest BCUT2D eigenvalue weighted by Gasteiger charge is 2.29. The van der Waals surface area contributed by atoms with Crippen molar-refractivity contribution < 1.29 is 0 Å². The second kappa shape index (κ2) is 6.81. The van der Waals surface area contributed by atoms with Gasteiger partial charge in [0.25, 0.3) is 0 Å². The molecule has 1 aliphatic rings. The molecule has 1 aliphatic carbocycles. The van der Waals surface area contributed by atoms with Gasteiger partial charge in [0.15, 0.2) is 0 Å². The molecule has 1 N–H and O–H groups in total. The summed E-state index contributed by atoms with van der Waals surface area (Å²) in [5.74, 6) is 2.04. The molecule has 1 saturated carbocycles. The minimum atomic E-state index is 0.751. The Morgan fingerprint density at radius 2 is 2.24 bits per heavy atom. The van der Waals surface area contributed by atoms with Crippen LogP contribution in [0.2, 0.25) is 0 Å². The maximum absolute atomic E-state index is 3.64. The van der Waals surface area contributed by atoms with Crippen LogP contribution in [0.5, 0.6) is 0 Å². The third-order valence-corrected chi connectivity index (χ3v) is 4.61. The lowest BCUT2D eigenvalue weighted by Crippen LogP contribution is -2.40. The van der Waals surface area contributed by atoms with Crippen molar-refractivity contribution in [2.75, 3.05) is 18.6 Å². The highest BCUT2D eigenvalue weighted by Crippen LogP contribution is 2.37.